The van der Waals surface area contributed by atoms with Gasteiger partial charge in [0.15, 0.2) is 0 Å². The molecule has 0 aliphatic carbocycles. The summed E-state index contributed by atoms with van der Waals surface area (Å²) in [6.45, 7) is 8.16. The van der Waals surface area contributed by atoms with Crippen molar-refractivity contribution in [3.63, 3.8) is 0 Å². The van der Waals surface area contributed by atoms with Crippen LogP contribution in [0.5, 0.6) is 0 Å². The van der Waals surface area contributed by atoms with Crippen LogP contribution in [0.15, 0.2) is 12.1 Å². The monoisotopic (exact) mass is 306 g/mol. The second kappa shape index (κ2) is 4.70. The van der Waals surface area contributed by atoms with Crippen LogP contribution in [-0.4, -0.2) is 30.9 Å². The fourth-order valence-corrected chi connectivity index (χ4v) is 2.81. The van der Waals surface area contributed by atoms with Gasteiger partial charge in [-0.05, 0) is 45.7 Å². The van der Waals surface area contributed by atoms with E-state index < -0.39 is 30.2 Å². The summed E-state index contributed by atoms with van der Waals surface area (Å²) in [6.07, 6.45) is 0.644. The number of amides is 2. The Hall–Kier alpha value is -1.60. The van der Waals surface area contributed by atoms with E-state index in [4.69, 9.17) is 15.0 Å². The van der Waals surface area contributed by atoms with Gasteiger partial charge in [0.2, 0.25) is 0 Å². The molecule has 0 radical (unpaired) electrons. The summed E-state index contributed by atoms with van der Waals surface area (Å²) in [4.78, 5) is 12.7. The zero-order chi connectivity index (χ0) is 16.3. The Morgan fingerprint density at radius 2 is 1.86 bits per heavy atom. The van der Waals surface area contributed by atoms with Gasteiger partial charge < -0.3 is 15.0 Å². The number of rotatable bonds is 1. The van der Waals surface area contributed by atoms with Crippen molar-refractivity contribution in [1.82, 2.24) is 0 Å². The van der Waals surface area contributed by atoms with Gasteiger partial charge in [-0.3, -0.25) is 4.90 Å². The molecular weight excluding hydrogens is 286 g/mol. The third-order valence-corrected chi connectivity index (χ3v) is 4.87. The number of halogens is 1. The van der Waals surface area contributed by atoms with E-state index in [0.717, 1.165) is 5.56 Å². The zero-order valence-corrected chi connectivity index (χ0v) is 13.3. The standard InChI is InChI=1S/C15H20BFN2O3/c1-14(2)15(3,4)22-16(21-14)10-7-9-5-6-19(13(18)20)12(9)8-11(10)17/h7-8H,5-6H2,1-4H3,(H2,18,20). The molecule has 7 heteroatoms. The molecule has 2 heterocycles. The maximum absolute atomic E-state index is 14.5. The van der Waals surface area contributed by atoms with Crippen molar-refractivity contribution in [3.8, 4) is 0 Å². The van der Waals surface area contributed by atoms with Crippen LogP contribution >= 0.6 is 0 Å². The first-order valence-corrected chi connectivity index (χ1v) is 7.37. The minimum absolute atomic E-state index is 0.365. The maximum atomic E-state index is 14.5. The number of hydrogen-bond donors (Lipinski definition) is 1. The number of hydrogen-bond acceptors (Lipinski definition) is 3. The summed E-state index contributed by atoms with van der Waals surface area (Å²) < 4.78 is 26.3. The van der Waals surface area contributed by atoms with Gasteiger partial charge in [0.05, 0.1) is 16.9 Å². The number of anilines is 1. The summed E-state index contributed by atoms with van der Waals surface area (Å²) in [5.74, 6) is -0.453. The zero-order valence-electron chi connectivity index (χ0n) is 13.3. The van der Waals surface area contributed by atoms with E-state index in [0.29, 0.717) is 24.1 Å². The fraction of sp³-hybridized carbons (Fsp3) is 0.533. The van der Waals surface area contributed by atoms with Crippen molar-refractivity contribution >= 4 is 24.3 Å². The molecule has 1 aromatic rings. The molecule has 1 fully saturated rings. The predicted octanol–water partition coefficient (Wildman–Crippen LogP) is 1.57. The van der Waals surface area contributed by atoms with Crippen LogP contribution in [0.2, 0.25) is 0 Å². The molecule has 1 aromatic carbocycles. The van der Waals surface area contributed by atoms with Gasteiger partial charge in [0, 0.05) is 12.0 Å². The van der Waals surface area contributed by atoms with Gasteiger partial charge in [-0.15, -0.1) is 0 Å². The first-order valence-electron chi connectivity index (χ1n) is 7.37. The average Bonchev–Trinajstić information content (AvgIpc) is 2.87. The molecule has 2 aliphatic heterocycles. The third-order valence-electron chi connectivity index (χ3n) is 4.87. The van der Waals surface area contributed by atoms with Crippen LogP contribution in [0.1, 0.15) is 33.3 Å². The van der Waals surface area contributed by atoms with Crippen molar-refractivity contribution in [3.05, 3.63) is 23.5 Å². The van der Waals surface area contributed by atoms with Gasteiger partial charge >= 0.3 is 13.1 Å². The van der Waals surface area contributed by atoms with Crippen molar-refractivity contribution in [2.45, 2.75) is 45.3 Å². The summed E-state index contributed by atoms with van der Waals surface area (Å²) in [5, 5.41) is 0. The van der Waals surface area contributed by atoms with Crippen LogP contribution in [0, 0.1) is 5.82 Å². The highest BCUT2D eigenvalue weighted by atomic mass is 19.1. The Bertz CT molecular complexity index is 632. The molecule has 0 aromatic heterocycles. The summed E-state index contributed by atoms with van der Waals surface area (Å²) >= 11 is 0. The first kappa shape index (κ1) is 15.3. The number of urea groups is 1. The molecule has 0 atom stereocenters. The highest BCUT2D eigenvalue weighted by Crippen LogP contribution is 2.37. The lowest BCUT2D eigenvalue weighted by Gasteiger charge is -2.32. The molecule has 22 heavy (non-hydrogen) atoms. The lowest BCUT2D eigenvalue weighted by Crippen LogP contribution is -2.41. The number of benzene rings is 1. The Kier molecular flexibility index (Phi) is 3.27. The van der Waals surface area contributed by atoms with Gasteiger partial charge in [0.1, 0.15) is 5.82 Å². The number of primary amides is 1. The molecule has 118 valence electrons. The van der Waals surface area contributed by atoms with E-state index in [1.54, 1.807) is 6.07 Å². The Morgan fingerprint density at radius 1 is 1.27 bits per heavy atom. The van der Waals surface area contributed by atoms with Crippen LogP contribution in [0.25, 0.3) is 0 Å². The molecule has 2 amide bonds. The normalized spacial score (nSPS) is 22.0. The second-order valence-corrected chi connectivity index (χ2v) is 6.83. The van der Waals surface area contributed by atoms with Crippen molar-refractivity contribution < 1.29 is 18.5 Å². The first-order chi connectivity index (χ1) is 10.1. The van der Waals surface area contributed by atoms with Crippen LogP contribution in [-0.2, 0) is 15.7 Å². The van der Waals surface area contributed by atoms with E-state index in [9.17, 15) is 9.18 Å². The second-order valence-electron chi connectivity index (χ2n) is 6.83. The topological polar surface area (TPSA) is 64.8 Å². The molecule has 1 saturated heterocycles. The van der Waals surface area contributed by atoms with E-state index in [1.807, 2.05) is 27.7 Å². The lowest BCUT2D eigenvalue weighted by molar-refractivity contribution is 0.00578. The van der Waals surface area contributed by atoms with Gasteiger partial charge in [-0.2, -0.15) is 0 Å². The fourth-order valence-electron chi connectivity index (χ4n) is 2.81. The lowest BCUT2D eigenvalue weighted by atomic mass is 9.77. The summed E-state index contributed by atoms with van der Waals surface area (Å²) in [7, 11) is -0.752. The summed E-state index contributed by atoms with van der Waals surface area (Å²) in [6, 6.07) is 2.49. The molecule has 0 saturated carbocycles. The van der Waals surface area contributed by atoms with Gasteiger partial charge in [-0.25, -0.2) is 9.18 Å². The molecule has 2 aliphatic rings. The SMILES string of the molecule is CC1(C)OB(c2cc3c(cc2F)N(C(N)=O)CC3)OC1(C)C. The minimum atomic E-state index is -0.752. The van der Waals surface area contributed by atoms with E-state index in [2.05, 4.69) is 0 Å². The van der Waals surface area contributed by atoms with Crippen LogP contribution in [0.3, 0.4) is 0 Å². The maximum Gasteiger partial charge on any atom is 0.497 e. The predicted molar refractivity (Wildman–Crippen MR) is 82.7 cm³/mol. The Labute approximate surface area is 129 Å². The number of carbonyl (C=O) groups excluding carboxylic acids is 1. The molecule has 5 nitrogen and oxygen atoms in total. The van der Waals surface area contributed by atoms with Crippen LogP contribution < -0.4 is 16.1 Å². The van der Waals surface area contributed by atoms with E-state index in [-0.39, 0.29) is 0 Å². The average molecular weight is 306 g/mol. The number of nitrogens with two attached hydrogens (primary N) is 1. The molecular formula is C15H20BFN2O3. The van der Waals surface area contributed by atoms with Crippen molar-refractivity contribution in [1.29, 1.82) is 0 Å². The number of carbonyl (C=O) groups is 1. The van der Waals surface area contributed by atoms with Gasteiger partial charge in [0.25, 0.3) is 0 Å². The summed E-state index contributed by atoms with van der Waals surface area (Å²) in [5.41, 5.74) is 6.04. The Morgan fingerprint density at radius 3 is 2.41 bits per heavy atom. The number of nitrogens with zero attached hydrogens (tertiary/aromatic N) is 1. The number of fused-ring (bicyclic) bond motifs is 1. The highest BCUT2D eigenvalue weighted by molar-refractivity contribution is 6.62. The molecule has 0 spiro atoms. The van der Waals surface area contributed by atoms with Crippen molar-refractivity contribution in [2.75, 3.05) is 11.4 Å². The molecule has 0 unspecified atom stereocenters. The molecule has 0 bridgehead atoms. The van der Waals surface area contributed by atoms with Crippen LogP contribution in [0.4, 0.5) is 14.9 Å². The minimum Gasteiger partial charge on any atom is -0.399 e. The third kappa shape index (κ3) is 2.19. The van der Waals surface area contributed by atoms with E-state index >= 15 is 0 Å². The Balaban J connectivity index is 1.97. The quantitative estimate of drug-likeness (QED) is 0.801. The largest absolute Gasteiger partial charge is 0.497 e. The van der Waals surface area contributed by atoms with E-state index in [1.165, 1.54) is 11.0 Å². The molecule has 2 N–H and O–H groups in total. The molecule has 3 rings (SSSR count). The highest BCUT2D eigenvalue weighted by Gasteiger charge is 2.52. The van der Waals surface area contributed by atoms with Crippen molar-refractivity contribution in [2.24, 2.45) is 5.73 Å². The smallest absolute Gasteiger partial charge is 0.399 e. The van der Waals surface area contributed by atoms with Gasteiger partial charge in [-0.1, -0.05) is 6.07 Å².